The Labute approximate surface area is 124 Å². The summed E-state index contributed by atoms with van der Waals surface area (Å²) < 4.78 is 0. The molecule has 0 aliphatic carbocycles. The normalized spacial score (nSPS) is 17.3. The van der Waals surface area contributed by atoms with E-state index in [-0.39, 0.29) is 11.8 Å². The minimum atomic E-state index is -0.156. The summed E-state index contributed by atoms with van der Waals surface area (Å²) in [5.41, 5.74) is 3.31. The number of hydrogen-bond acceptors (Lipinski definition) is 3. The van der Waals surface area contributed by atoms with E-state index in [2.05, 4.69) is 27.6 Å². The number of benzene rings is 1. The number of fused-ring (bicyclic) bond motifs is 1. The van der Waals surface area contributed by atoms with Gasteiger partial charge in [0.15, 0.2) is 0 Å². The fourth-order valence-corrected chi connectivity index (χ4v) is 2.75. The van der Waals surface area contributed by atoms with Gasteiger partial charge in [-0.25, -0.2) is 0 Å². The molecule has 2 aromatic rings. The van der Waals surface area contributed by atoms with Gasteiger partial charge in [-0.2, -0.15) is 5.10 Å². The number of hydrogen-bond donors (Lipinski definition) is 2. The maximum absolute atomic E-state index is 12.6. The molecule has 1 amide bonds. The first-order chi connectivity index (χ1) is 10.3. The van der Waals surface area contributed by atoms with Crippen molar-refractivity contribution < 1.29 is 4.79 Å². The molecule has 1 aromatic heterocycles. The highest BCUT2D eigenvalue weighted by Crippen LogP contribution is 2.23. The van der Waals surface area contributed by atoms with Gasteiger partial charge in [0, 0.05) is 32.2 Å². The molecular formula is C16H20N4O. The summed E-state index contributed by atoms with van der Waals surface area (Å²) in [6.07, 6.45) is 2.67. The molecule has 1 atom stereocenters. The fourth-order valence-electron chi connectivity index (χ4n) is 2.75. The molecule has 5 heteroatoms. The quantitative estimate of drug-likeness (QED) is 0.889. The predicted molar refractivity (Wildman–Crippen MR) is 80.8 cm³/mol. The zero-order valence-corrected chi connectivity index (χ0v) is 12.2. The zero-order chi connectivity index (χ0) is 14.7. The van der Waals surface area contributed by atoms with E-state index in [0.29, 0.717) is 6.54 Å². The second-order valence-electron chi connectivity index (χ2n) is 5.49. The summed E-state index contributed by atoms with van der Waals surface area (Å²) in [7, 11) is 1.87. The molecule has 0 bridgehead atoms. The molecule has 2 N–H and O–H groups in total. The van der Waals surface area contributed by atoms with E-state index in [1.54, 1.807) is 6.20 Å². The van der Waals surface area contributed by atoms with Gasteiger partial charge >= 0.3 is 0 Å². The van der Waals surface area contributed by atoms with Gasteiger partial charge in [-0.05, 0) is 12.0 Å². The SMILES string of the molecule is CN(CCc1ccccc1)C(=O)C1CNCc2cn[nH]c21. The summed E-state index contributed by atoms with van der Waals surface area (Å²) in [5.74, 6) is -0.0133. The number of nitrogens with one attached hydrogen (secondary N) is 2. The van der Waals surface area contributed by atoms with Crippen molar-refractivity contribution in [3.05, 3.63) is 53.3 Å². The molecule has 0 radical (unpaired) electrons. The number of carbonyl (C=O) groups excluding carboxylic acids is 1. The van der Waals surface area contributed by atoms with Crippen LogP contribution in [0.2, 0.25) is 0 Å². The van der Waals surface area contributed by atoms with E-state index in [0.717, 1.165) is 30.8 Å². The number of H-pyrrole nitrogens is 1. The van der Waals surface area contributed by atoms with E-state index >= 15 is 0 Å². The highest BCUT2D eigenvalue weighted by Gasteiger charge is 2.29. The van der Waals surface area contributed by atoms with Crippen LogP contribution in [-0.2, 0) is 17.8 Å². The van der Waals surface area contributed by atoms with Crippen LogP contribution in [0.25, 0.3) is 0 Å². The molecule has 21 heavy (non-hydrogen) atoms. The van der Waals surface area contributed by atoms with Crippen molar-refractivity contribution in [2.24, 2.45) is 0 Å². The van der Waals surface area contributed by atoms with Crippen molar-refractivity contribution in [1.29, 1.82) is 0 Å². The number of amides is 1. The smallest absolute Gasteiger partial charge is 0.232 e. The molecular weight excluding hydrogens is 264 g/mol. The molecule has 0 spiro atoms. The molecule has 110 valence electrons. The molecule has 2 heterocycles. The van der Waals surface area contributed by atoms with Gasteiger partial charge in [0.05, 0.1) is 17.8 Å². The van der Waals surface area contributed by atoms with E-state index < -0.39 is 0 Å². The van der Waals surface area contributed by atoms with Crippen LogP contribution in [0.4, 0.5) is 0 Å². The summed E-state index contributed by atoms with van der Waals surface area (Å²) >= 11 is 0. The van der Waals surface area contributed by atoms with Crippen molar-refractivity contribution >= 4 is 5.91 Å². The Morgan fingerprint density at radius 2 is 2.19 bits per heavy atom. The Hall–Kier alpha value is -2.14. The molecule has 0 saturated heterocycles. The molecule has 1 unspecified atom stereocenters. The van der Waals surface area contributed by atoms with E-state index in [1.807, 2.05) is 30.1 Å². The third kappa shape index (κ3) is 2.97. The molecule has 1 aliphatic heterocycles. The topological polar surface area (TPSA) is 61.0 Å². The number of nitrogens with zero attached hydrogens (tertiary/aromatic N) is 2. The Morgan fingerprint density at radius 3 is 3.00 bits per heavy atom. The van der Waals surface area contributed by atoms with Crippen molar-refractivity contribution in [3.63, 3.8) is 0 Å². The molecule has 1 aliphatic rings. The predicted octanol–water partition coefficient (Wildman–Crippen LogP) is 1.30. The maximum atomic E-state index is 12.6. The van der Waals surface area contributed by atoms with Crippen LogP contribution < -0.4 is 5.32 Å². The van der Waals surface area contributed by atoms with Crippen LogP contribution >= 0.6 is 0 Å². The summed E-state index contributed by atoms with van der Waals surface area (Å²) in [5, 5.41) is 10.3. The van der Waals surface area contributed by atoms with Crippen LogP contribution in [0.1, 0.15) is 22.7 Å². The Morgan fingerprint density at radius 1 is 1.38 bits per heavy atom. The first kappa shape index (κ1) is 13.8. The van der Waals surface area contributed by atoms with Crippen LogP contribution in [-0.4, -0.2) is 41.1 Å². The Kier molecular flexibility index (Phi) is 4.01. The average molecular weight is 284 g/mol. The average Bonchev–Trinajstić information content (AvgIpc) is 3.01. The maximum Gasteiger partial charge on any atom is 0.232 e. The number of aromatic nitrogens is 2. The second-order valence-corrected chi connectivity index (χ2v) is 5.49. The molecule has 5 nitrogen and oxygen atoms in total. The van der Waals surface area contributed by atoms with Gasteiger partial charge in [0.1, 0.15) is 0 Å². The number of likely N-dealkylation sites (N-methyl/N-ethyl adjacent to an activating group) is 1. The monoisotopic (exact) mass is 284 g/mol. The number of aromatic amines is 1. The minimum absolute atomic E-state index is 0.142. The Bertz CT molecular complexity index is 608. The van der Waals surface area contributed by atoms with Crippen LogP contribution in [0.3, 0.4) is 0 Å². The van der Waals surface area contributed by atoms with Gasteiger partial charge in [-0.15, -0.1) is 0 Å². The highest BCUT2D eigenvalue weighted by molar-refractivity contribution is 5.84. The molecule has 0 saturated carbocycles. The van der Waals surface area contributed by atoms with Gasteiger partial charge in [-0.1, -0.05) is 30.3 Å². The van der Waals surface area contributed by atoms with Gasteiger partial charge < -0.3 is 10.2 Å². The number of carbonyl (C=O) groups is 1. The summed E-state index contributed by atoms with van der Waals surface area (Å²) in [6, 6.07) is 10.2. The first-order valence-electron chi connectivity index (χ1n) is 7.27. The zero-order valence-electron chi connectivity index (χ0n) is 12.2. The molecule has 3 rings (SSSR count). The molecule has 1 aromatic carbocycles. The van der Waals surface area contributed by atoms with Crippen LogP contribution in [0.15, 0.2) is 36.5 Å². The lowest BCUT2D eigenvalue weighted by Gasteiger charge is -2.27. The van der Waals surface area contributed by atoms with Gasteiger partial charge in [0.2, 0.25) is 5.91 Å². The molecule has 0 fully saturated rings. The van der Waals surface area contributed by atoms with E-state index in [4.69, 9.17) is 0 Å². The third-order valence-electron chi connectivity index (χ3n) is 4.02. The number of rotatable bonds is 4. The third-order valence-corrected chi connectivity index (χ3v) is 4.02. The van der Waals surface area contributed by atoms with Crippen LogP contribution in [0, 0.1) is 0 Å². The highest BCUT2D eigenvalue weighted by atomic mass is 16.2. The van der Waals surface area contributed by atoms with Crippen molar-refractivity contribution in [2.45, 2.75) is 18.9 Å². The Balaban J connectivity index is 1.63. The fraction of sp³-hybridized carbons (Fsp3) is 0.375. The van der Waals surface area contributed by atoms with Gasteiger partial charge in [-0.3, -0.25) is 9.89 Å². The first-order valence-corrected chi connectivity index (χ1v) is 7.27. The van der Waals surface area contributed by atoms with E-state index in [9.17, 15) is 4.79 Å². The standard InChI is InChI=1S/C16H20N4O/c1-20(8-7-12-5-3-2-4-6-12)16(21)14-11-17-9-13-10-18-19-15(13)14/h2-6,10,14,17H,7-9,11H2,1H3,(H,18,19). The summed E-state index contributed by atoms with van der Waals surface area (Å²) in [6.45, 7) is 2.18. The summed E-state index contributed by atoms with van der Waals surface area (Å²) in [4.78, 5) is 14.4. The van der Waals surface area contributed by atoms with Gasteiger partial charge in [0.25, 0.3) is 0 Å². The van der Waals surface area contributed by atoms with Crippen molar-refractivity contribution in [3.8, 4) is 0 Å². The van der Waals surface area contributed by atoms with Crippen LogP contribution in [0.5, 0.6) is 0 Å². The van der Waals surface area contributed by atoms with Crippen molar-refractivity contribution in [2.75, 3.05) is 20.1 Å². The van der Waals surface area contributed by atoms with E-state index in [1.165, 1.54) is 5.56 Å². The lowest BCUT2D eigenvalue weighted by Crippen LogP contribution is -2.40. The lowest BCUT2D eigenvalue weighted by atomic mass is 9.96. The van der Waals surface area contributed by atoms with Crippen molar-refractivity contribution in [1.82, 2.24) is 20.4 Å². The lowest BCUT2D eigenvalue weighted by molar-refractivity contribution is -0.131. The minimum Gasteiger partial charge on any atom is -0.345 e. The largest absolute Gasteiger partial charge is 0.345 e. The second kappa shape index (κ2) is 6.10.